The molecule has 19 heavy (non-hydrogen) atoms. The second-order valence-corrected chi connectivity index (χ2v) is 8.87. The van der Waals surface area contributed by atoms with Crippen molar-refractivity contribution in [2.24, 2.45) is 11.3 Å². The highest BCUT2D eigenvalue weighted by atomic mass is 28.3. The zero-order chi connectivity index (χ0) is 15.0. The van der Waals surface area contributed by atoms with Crippen LogP contribution in [-0.4, -0.2) is 32.7 Å². The highest BCUT2D eigenvalue weighted by molar-refractivity contribution is 6.48. The van der Waals surface area contributed by atoms with Crippen molar-refractivity contribution >= 4 is 20.9 Å². The number of carbonyl (C=O) groups excluding carboxylic acids is 2. The maximum absolute atomic E-state index is 11.9. The molecule has 2 unspecified atom stereocenters. The first kappa shape index (κ1) is 16.2. The van der Waals surface area contributed by atoms with Crippen LogP contribution in [0.25, 0.3) is 0 Å². The van der Waals surface area contributed by atoms with Gasteiger partial charge < -0.3 is 14.5 Å². The van der Waals surface area contributed by atoms with Crippen LogP contribution in [0.3, 0.4) is 0 Å². The number of β-lactam (4-membered cyclic amide) rings is 1. The highest BCUT2D eigenvalue weighted by Crippen LogP contribution is 2.44. The Bertz CT molecular complexity index is 377. The van der Waals surface area contributed by atoms with Crippen molar-refractivity contribution in [3.8, 4) is 0 Å². The molecule has 1 aliphatic rings. The average Bonchev–Trinajstić information content (AvgIpc) is 2.11. The van der Waals surface area contributed by atoms with Crippen LogP contribution < -0.4 is 5.32 Å². The van der Waals surface area contributed by atoms with E-state index < -0.39 is 32.8 Å². The second-order valence-electron chi connectivity index (χ2n) is 6.54. The molecule has 0 spiro atoms. The molecule has 1 rings (SSSR count). The molecular formula is C13H25NO4Si. The lowest BCUT2D eigenvalue weighted by atomic mass is 9.67. The summed E-state index contributed by atoms with van der Waals surface area (Å²) >= 11 is 0. The van der Waals surface area contributed by atoms with Gasteiger partial charge in [0.05, 0.1) is 5.60 Å². The van der Waals surface area contributed by atoms with Gasteiger partial charge in [0, 0.05) is 6.92 Å². The van der Waals surface area contributed by atoms with Crippen molar-refractivity contribution in [2.45, 2.75) is 59.5 Å². The minimum absolute atomic E-state index is 0.113. The molecule has 0 aromatic rings. The number of rotatable bonds is 4. The van der Waals surface area contributed by atoms with Crippen molar-refractivity contribution in [3.63, 3.8) is 0 Å². The van der Waals surface area contributed by atoms with E-state index >= 15 is 0 Å². The minimum Gasteiger partial charge on any atom is -0.441 e. The Kier molecular flexibility index (Phi) is 4.46. The first-order valence-corrected chi connectivity index (χ1v) is 9.42. The third-order valence-corrected chi connectivity index (χ3v) is 4.69. The van der Waals surface area contributed by atoms with Gasteiger partial charge in [0.15, 0.2) is 15.3 Å². The molecule has 1 N–H and O–H groups in total. The van der Waals surface area contributed by atoms with Gasteiger partial charge in [-0.15, -0.1) is 0 Å². The number of ether oxygens (including phenoxy) is 1. The van der Waals surface area contributed by atoms with Crippen LogP contribution in [0.4, 0.5) is 0 Å². The first-order chi connectivity index (χ1) is 8.49. The third-order valence-electron chi connectivity index (χ3n) is 3.73. The summed E-state index contributed by atoms with van der Waals surface area (Å²) in [4.78, 5) is 23.0. The molecule has 1 amide bonds. The van der Waals surface area contributed by atoms with Gasteiger partial charge in [0.1, 0.15) is 5.92 Å². The van der Waals surface area contributed by atoms with Gasteiger partial charge in [0.25, 0.3) is 0 Å². The van der Waals surface area contributed by atoms with Crippen molar-refractivity contribution in [1.29, 1.82) is 0 Å². The average molecular weight is 287 g/mol. The second kappa shape index (κ2) is 5.24. The number of amides is 1. The zero-order valence-corrected chi connectivity index (χ0v) is 14.0. The summed E-state index contributed by atoms with van der Waals surface area (Å²) in [6, 6.07) is 0. The van der Waals surface area contributed by atoms with Crippen LogP contribution in [0.5, 0.6) is 0 Å². The molecule has 1 saturated heterocycles. The third kappa shape index (κ3) is 3.17. The Morgan fingerprint density at radius 1 is 1.26 bits per heavy atom. The molecule has 0 radical (unpaired) electrons. The predicted octanol–water partition coefficient (Wildman–Crippen LogP) is 1.43. The Hall–Kier alpha value is -0.883. The lowest BCUT2D eigenvalue weighted by Crippen LogP contribution is -2.71. The van der Waals surface area contributed by atoms with Gasteiger partial charge in [-0.25, -0.2) is 0 Å². The van der Waals surface area contributed by atoms with E-state index in [4.69, 9.17) is 9.16 Å². The fourth-order valence-electron chi connectivity index (χ4n) is 2.38. The van der Waals surface area contributed by atoms with Gasteiger partial charge in [0.2, 0.25) is 5.91 Å². The Morgan fingerprint density at radius 3 is 2.11 bits per heavy atom. The van der Waals surface area contributed by atoms with Crippen LogP contribution in [0, 0.1) is 11.3 Å². The van der Waals surface area contributed by atoms with E-state index in [2.05, 4.69) is 18.4 Å². The highest BCUT2D eigenvalue weighted by Gasteiger charge is 2.58. The summed E-state index contributed by atoms with van der Waals surface area (Å²) in [5, 5.41) is 2.63. The van der Waals surface area contributed by atoms with E-state index in [0.717, 1.165) is 0 Å². The largest absolute Gasteiger partial charge is 0.441 e. The predicted molar refractivity (Wildman–Crippen MR) is 75.0 cm³/mol. The fourth-order valence-corrected chi connectivity index (χ4v) is 3.86. The maximum Gasteiger partial charge on any atom is 0.304 e. The zero-order valence-electron chi connectivity index (χ0n) is 12.9. The molecule has 6 heteroatoms. The van der Waals surface area contributed by atoms with Crippen LogP contribution in [0.1, 0.15) is 34.6 Å². The van der Waals surface area contributed by atoms with Crippen molar-refractivity contribution in [2.75, 3.05) is 0 Å². The van der Waals surface area contributed by atoms with E-state index in [1.165, 1.54) is 6.92 Å². The molecule has 0 bridgehead atoms. The minimum atomic E-state index is -1.34. The molecule has 5 nitrogen and oxygen atoms in total. The summed E-state index contributed by atoms with van der Waals surface area (Å²) in [6.07, 6.45) is -0.582. The lowest BCUT2D eigenvalue weighted by Gasteiger charge is -2.53. The van der Waals surface area contributed by atoms with Crippen LogP contribution in [0.2, 0.25) is 13.1 Å². The molecule has 0 aliphatic carbocycles. The summed E-state index contributed by atoms with van der Waals surface area (Å²) in [6.45, 7) is 13.6. The van der Waals surface area contributed by atoms with E-state index in [1.807, 2.05) is 27.7 Å². The quantitative estimate of drug-likeness (QED) is 0.482. The van der Waals surface area contributed by atoms with Crippen LogP contribution in [-0.2, 0) is 18.8 Å². The topological polar surface area (TPSA) is 64.6 Å². The maximum atomic E-state index is 11.9. The standard InChI is InChI=1S/C13H25NO4Si/c1-8(15)17-11-9(10(16)14-11)13(5,12(2,3)4)18-19(6)7/h9,11,19H,1-7H3,(H,14,16)/t9?,11?,13-/m1/s1. The summed E-state index contributed by atoms with van der Waals surface area (Å²) in [7, 11) is -1.34. The molecule has 0 aromatic heterocycles. The Balaban J connectivity index is 3.03. The molecule has 3 atom stereocenters. The Morgan fingerprint density at radius 2 is 1.79 bits per heavy atom. The summed E-state index contributed by atoms with van der Waals surface area (Å²) in [5.41, 5.74) is -0.874. The smallest absolute Gasteiger partial charge is 0.304 e. The molecule has 110 valence electrons. The Labute approximate surface area is 116 Å². The first-order valence-electron chi connectivity index (χ1n) is 6.64. The van der Waals surface area contributed by atoms with E-state index in [0.29, 0.717) is 0 Å². The van der Waals surface area contributed by atoms with Crippen molar-refractivity contribution < 1.29 is 18.8 Å². The molecule has 1 fully saturated rings. The molecule has 1 aliphatic heterocycles. The van der Waals surface area contributed by atoms with Crippen molar-refractivity contribution in [1.82, 2.24) is 5.32 Å². The van der Waals surface area contributed by atoms with E-state index in [1.54, 1.807) is 0 Å². The number of esters is 1. The van der Waals surface area contributed by atoms with Crippen molar-refractivity contribution in [3.05, 3.63) is 0 Å². The number of carbonyl (C=O) groups is 2. The van der Waals surface area contributed by atoms with E-state index in [-0.39, 0.29) is 11.3 Å². The van der Waals surface area contributed by atoms with Gasteiger partial charge >= 0.3 is 5.97 Å². The molecule has 0 aromatic carbocycles. The van der Waals surface area contributed by atoms with Crippen LogP contribution >= 0.6 is 0 Å². The van der Waals surface area contributed by atoms with Crippen LogP contribution in [0.15, 0.2) is 0 Å². The van der Waals surface area contributed by atoms with Gasteiger partial charge in [-0.05, 0) is 25.4 Å². The number of hydrogen-bond donors (Lipinski definition) is 1. The summed E-state index contributed by atoms with van der Waals surface area (Å²) in [5.74, 6) is -0.960. The number of nitrogens with one attached hydrogen (secondary N) is 1. The van der Waals surface area contributed by atoms with E-state index in [9.17, 15) is 9.59 Å². The van der Waals surface area contributed by atoms with Gasteiger partial charge in [-0.1, -0.05) is 20.8 Å². The van der Waals surface area contributed by atoms with Gasteiger partial charge in [-0.3, -0.25) is 9.59 Å². The molecule has 0 saturated carbocycles. The molecular weight excluding hydrogens is 262 g/mol. The monoisotopic (exact) mass is 287 g/mol. The fraction of sp³-hybridized carbons (Fsp3) is 0.846. The molecule has 1 heterocycles. The summed E-state index contributed by atoms with van der Waals surface area (Å²) < 4.78 is 11.3. The lowest BCUT2D eigenvalue weighted by molar-refractivity contribution is -0.193. The normalized spacial score (nSPS) is 26.4. The SMILES string of the molecule is CC(=O)OC1NC(=O)C1[C@@](C)(O[SiH](C)C)C(C)(C)C. The number of hydrogen-bond acceptors (Lipinski definition) is 4. The van der Waals surface area contributed by atoms with Gasteiger partial charge in [-0.2, -0.15) is 0 Å².